The van der Waals surface area contributed by atoms with Gasteiger partial charge in [-0.25, -0.2) is 0 Å². The monoisotopic (exact) mass is 223 g/mol. The second-order valence-corrected chi connectivity index (χ2v) is 3.29. The lowest BCUT2D eigenvalue weighted by Crippen LogP contribution is -2.01. The molecular formula is C10H6ClNO3. The molecule has 0 saturated heterocycles. The zero-order valence-electron chi connectivity index (χ0n) is 7.57. The number of carbonyl (C=O) groups is 2. The van der Waals surface area contributed by atoms with Gasteiger partial charge in [-0.15, -0.1) is 0 Å². The Kier molecular flexibility index (Phi) is 2.51. The molecule has 0 saturated carbocycles. The van der Waals surface area contributed by atoms with Crippen molar-refractivity contribution >= 4 is 34.8 Å². The molecule has 15 heavy (non-hydrogen) atoms. The van der Waals surface area contributed by atoms with Crippen molar-refractivity contribution < 1.29 is 14.0 Å². The molecule has 0 bridgehead atoms. The van der Waals surface area contributed by atoms with Crippen LogP contribution in [0.3, 0.4) is 0 Å². The standard InChI is InChI=1S/C10H6ClNO3/c11-9-6(8(14)1-3-13)5-12-7-2-4-15-10(7)9/h2-5H,1H2. The highest BCUT2D eigenvalue weighted by Gasteiger charge is 2.15. The van der Waals surface area contributed by atoms with E-state index >= 15 is 0 Å². The van der Waals surface area contributed by atoms with Crippen LogP contribution in [0, 0.1) is 0 Å². The molecule has 0 fully saturated rings. The number of carbonyl (C=O) groups excluding carboxylic acids is 2. The van der Waals surface area contributed by atoms with Crippen LogP contribution in [0.2, 0.25) is 5.02 Å². The summed E-state index contributed by atoms with van der Waals surface area (Å²) in [5.74, 6) is -0.360. The highest BCUT2D eigenvalue weighted by atomic mass is 35.5. The molecule has 0 atom stereocenters. The molecule has 0 amide bonds. The molecule has 5 heteroatoms. The van der Waals surface area contributed by atoms with Gasteiger partial charge < -0.3 is 9.21 Å². The molecule has 0 N–H and O–H groups in total. The topological polar surface area (TPSA) is 60.2 Å². The summed E-state index contributed by atoms with van der Waals surface area (Å²) in [6.07, 6.45) is 3.13. The molecule has 0 aromatic carbocycles. The van der Waals surface area contributed by atoms with Crippen LogP contribution < -0.4 is 0 Å². The van der Waals surface area contributed by atoms with Gasteiger partial charge in [0.15, 0.2) is 11.4 Å². The van der Waals surface area contributed by atoms with Crippen LogP contribution >= 0.6 is 11.6 Å². The summed E-state index contributed by atoms with van der Waals surface area (Å²) < 4.78 is 5.08. The van der Waals surface area contributed by atoms with Crippen molar-refractivity contribution in [2.24, 2.45) is 0 Å². The van der Waals surface area contributed by atoms with Gasteiger partial charge in [0.05, 0.1) is 23.3 Å². The van der Waals surface area contributed by atoms with Crippen molar-refractivity contribution in [1.82, 2.24) is 4.98 Å². The predicted molar refractivity (Wildman–Crippen MR) is 54.0 cm³/mol. The minimum absolute atomic E-state index is 0.201. The van der Waals surface area contributed by atoms with E-state index in [4.69, 9.17) is 16.0 Å². The fourth-order valence-corrected chi connectivity index (χ4v) is 1.56. The number of pyridine rings is 1. The average molecular weight is 224 g/mol. The van der Waals surface area contributed by atoms with Gasteiger partial charge >= 0.3 is 0 Å². The molecule has 2 rings (SSSR count). The summed E-state index contributed by atoms with van der Waals surface area (Å²) in [5, 5.41) is 0.205. The smallest absolute Gasteiger partial charge is 0.173 e. The Balaban J connectivity index is 2.56. The average Bonchev–Trinajstić information content (AvgIpc) is 2.67. The summed E-state index contributed by atoms with van der Waals surface area (Å²) in [6.45, 7) is 0. The van der Waals surface area contributed by atoms with E-state index in [-0.39, 0.29) is 22.8 Å². The predicted octanol–water partition coefficient (Wildman–Crippen LogP) is 2.25. The van der Waals surface area contributed by atoms with Crippen LogP contribution in [0.4, 0.5) is 0 Å². The van der Waals surface area contributed by atoms with Crippen LogP contribution in [-0.2, 0) is 4.79 Å². The van der Waals surface area contributed by atoms with Crippen LogP contribution in [0.1, 0.15) is 16.8 Å². The number of halogens is 1. The Hall–Kier alpha value is -1.68. The van der Waals surface area contributed by atoms with Gasteiger partial charge in [-0.05, 0) is 0 Å². The summed E-state index contributed by atoms with van der Waals surface area (Å²) in [6, 6.07) is 1.65. The van der Waals surface area contributed by atoms with E-state index in [1.807, 2.05) is 0 Å². The lowest BCUT2D eigenvalue weighted by molar-refractivity contribution is -0.107. The van der Waals surface area contributed by atoms with Gasteiger partial charge in [-0.3, -0.25) is 9.78 Å². The minimum Gasteiger partial charge on any atom is -0.461 e. The fourth-order valence-electron chi connectivity index (χ4n) is 1.26. The number of furan rings is 1. The van der Waals surface area contributed by atoms with Crippen molar-refractivity contribution in [2.75, 3.05) is 0 Å². The van der Waals surface area contributed by atoms with Gasteiger partial charge in [0.25, 0.3) is 0 Å². The zero-order chi connectivity index (χ0) is 10.8. The van der Waals surface area contributed by atoms with E-state index in [1.165, 1.54) is 12.5 Å². The summed E-state index contributed by atoms with van der Waals surface area (Å²) in [4.78, 5) is 25.6. The SMILES string of the molecule is O=CCC(=O)c1cnc2ccoc2c1Cl. The van der Waals surface area contributed by atoms with Crippen molar-refractivity contribution in [3.8, 4) is 0 Å². The summed E-state index contributed by atoms with van der Waals surface area (Å²) >= 11 is 5.94. The maximum absolute atomic E-state index is 11.4. The van der Waals surface area contributed by atoms with Crippen LogP contribution in [-0.4, -0.2) is 17.1 Å². The van der Waals surface area contributed by atoms with Crippen molar-refractivity contribution in [3.05, 3.63) is 29.1 Å². The van der Waals surface area contributed by atoms with Gasteiger partial charge in [0, 0.05) is 12.3 Å². The lowest BCUT2D eigenvalue weighted by Gasteiger charge is -1.99. The zero-order valence-corrected chi connectivity index (χ0v) is 8.32. The number of rotatable bonds is 3. The molecule has 76 valence electrons. The van der Waals surface area contributed by atoms with Crippen molar-refractivity contribution in [3.63, 3.8) is 0 Å². The molecule has 2 aromatic heterocycles. The highest BCUT2D eigenvalue weighted by Crippen LogP contribution is 2.26. The summed E-state index contributed by atoms with van der Waals surface area (Å²) in [5.41, 5.74) is 1.17. The Morgan fingerprint density at radius 3 is 3.13 bits per heavy atom. The lowest BCUT2D eigenvalue weighted by atomic mass is 10.1. The quantitative estimate of drug-likeness (QED) is 0.455. The Morgan fingerprint density at radius 1 is 1.60 bits per heavy atom. The van der Waals surface area contributed by atoms with E-state index in [0.29, 0.717) is 17.4 Å². The molecule has 0 radical (unpaired) electrons. The van der Waals surface area contributed by atoms with Gasteiger partial charge in [0.1, 0.15) is 11.8 Å². The molecule has 2 aromatic rings. The Morgan fingerprint density at radius 2 is 2.40 bits per heavy atom. The number of aromatic nitrogens is 1. The maximum atomic E-state index is 11.4. The molecule has 4 nitrogen and oxygen atoms in total. The van der Waals surface area contributed by atoms with E-state index < -0.39 is 0 Å². The molecular weight excluding hydrogens is 218 g/mol. The minimum atomic E-state index is -0.360. The van der Waals surface area contributed by atoms with E-state index in [2.05, 4.69) is 4.98 Å². The van der Waals surface area contributed by atoms with Crippen LogP contribution in [0.5, 0.6) is 0 Å². The fraction of sp³-hybridized carbons (Fsp3) is 0.100. The number of nitrogens with zero attached hydrogens (tertiary/aromatic N) is 1. The van der Waals surface area contributed by atoms with E-state index in [9.17, 15) is 9.59 Å². The number of hydrogen-bond donors (Lipinski definition) is 0. The first-order valence-electron chi connectivity index (χ1n) is 4.22. The number of ketones is 1. The second-order valence-electron chi connectivity index (χ2n) is 2.91. The highest BCUT2D eigenvalue weighted by molar-refractivity contribution is 6.38. The normalized spacial score (nSPS) is 10.5. The van der Waals surface area contributed by atoms with Crippen LogP contribution in [0.15, 0.2) is 22.9 Å². The maximum Gasteiger partial charge on any atom is 0.173 e. The second kappa shape index (κ2) is 3.82. The molecule has 0 aliphatic rings. The molecule has 0 spiro atoms. The number of hydrogen-bond acceptors (Lipinski definition) is 4. The number of aldehydes is 1. The van der Waals surface area contributed by atoms with Gasteiger partial charge in [-0.1, -0.05) is 11.6 Å². The van der Waals surface area contributed by atoms with E-state index in [1.54, 1.807) is 6.07 Å². The third-order valence-electron chi connectivity index (χ3n) is 1.98. The summed E-state index contributed by atoms with van der Waals surface area (Å²) in [7, 11) is 0. The Bertz CT molecular complexity index is 532. The van der Waals surface area contributed by atoms with Crippen molar-refractivity contribution in [1.29, 1.82) is 0 Å². The first-order chi connectivity index (χ1) is 7.24. The van der Waals surface area contributed by atoms with Gasteiger partial charge in [-0.2, -0.15) is 0 Å². The Labute approximate surface area is 89.8 Å². The number of Topliss-reactive ketones (excluding diaryl/α,β-unsaturated/α-hetero) is 1. The van der Waals surface area contributed by atoms with Crippen LogP contribution in [0.25, 0.3) is 11.1 Å². The van der Waals surface area contributed by atoms with E-state index in [0.717, 1.165) is 0 Å². The van der Waals surface area contributed by atoms with Crippen molar-refractivity contribution in [2.45, 2.75) is 6.42 Å². The van der Waals surface area contributed by atoms with Gasteiger partial charge in [0.2, 0.25) is 0 Å². The first kappa shape index (κ1) is 9.86. The molecule has 0 aliphatic carbocycles. The third-order valence-corrected chi connectivity index (χ3v) is 2.36. The number of fused-ring (bicyclic) bond motifs is 1. The first-order valence-corrected chi connectivity index (χ1v) is 4.60. The molecule has 0 unspecified atom stereocenters. The molecule has 0 aliphatic heterocycles. The third kappa shape index (κ3) is 1.64. The molecule has 2 heterocycles. The largest absolute Gasteiger partial charge is 0.461 e.